The summed E-state index contributed by atoms with van der Waals surface area (Å²) in [6.45, 7) is 0.136. The Morgan fingerprint density at radius 3 is 2.62 bits per heavy atom. The molecule has 10 heteroatoms. The average molecular weight is 487 g/mol. The van der Waals surface area contributed by atoms with Crippen LogP contribution < -0.4 is 11.5 Å². The van der Waals surface area contributed by atoms with E-state index < -0.39 is 23.6 Å². The van der Waals surface area contributed by atoms with Crippen LogP contribution in [0.15, 0.2) is 41.0 Å². The molecule has 0 saturated carbocycles. The van der Waals surface area contributed by atoms with E-state index in [1.54, 1.807) is 30.1 Å². The first kappa shape index (κ1) is 21.5. The van der Waals surface area contributed by atoms with Crippen molar-refractivity contribution in [1.82, 2.24) is 9.78 Å². The van der Waals surface area contributed by atoms with Gasteiger partial charge < -0.3 is 11.5 Å². The summed E-state index contributed by atoms with van der Waals surface area (Å²) in [5.41, 5.74) is 12.7. The van der Waals surface area contributed by atoms with Gasteiger partial charge in [0.2, 0.25) is 0 Å². The lowest BCUT2D eigenvalue weighted by Gasteiger charge is -2.17. The third kappa shape index (κ3) is 4.39. The number of carbonyl (C=O) groups is 1. The second-order valence-corrected chi connectivity index (χ2v) is 8.34. The van der Waals surface area contributed by atoms with E-state index in [-0.39, 0.29) is 13.0 Å². The monoisotopic (exact) mass is 486 g/mol. The number of thiophene rings is 1. The summed E-state index contributed by atoms with van der Waals surface area (Å²) < 4.78 is 41.4. The Labute approximate surface area is 177 Å². The Kier molecular flexibility index (Phi) is 6.16. The minimum atomic E-state index is -4.43. The first-order chi connectivity index (χ1) is 13.6. The molecule has 2 aromatic heterocycles. The Bertz CT molecular complexity index is 1040. The summed E-state index contributed by atoms with van der Waals surface area (Å²) in [7, 11) is 1.77. The van der Waals surface area contributed by atoms with E-state index in [2.05, 4.69) is 21.0 Å². The quantitative estimate of drug-likeness (QED) is 0.543. The molecular formula is C19H18BrF3N4OS. The zero-order chi connectivity index (χ0) is 21.3. The molecule has 1 atom stereocenters. The number of benzene rings is 1. The highest BCUT2D eigenvalue weighted by Gasteiger charge is 2.31. The summed E-state index contributed by atoms with van der Waals surface area (Å²) >= 11 is 4.76. The number of alkyl halides is 3. The van der Waals surface area contributed by atoms with E-state index in [0.29, 0.717) is 20.5 Å². The molecule has 5 nitrogen and oxygen atoms in total. The number of carbonyl (C=O) groups excluding carboxylic acids is 1. The maximum atomic E-state index is 13.0. The molecule has 0 unspecified atom stereocenters. The number of nitrogens with zero attached hydrogens (tertiary/aromatic N) is 2. The van der Waals surface area contributed by atoms with Gasteiger partial charge in [0.05, 0.1) is 21.0 Å². The number of hydrogen-bond acceptors (Lipinski definition) is 4. The van der Waals surface area contributed by atoms with Crippen molar-refractivity contribution in [2.75, 3.05) is 6.54 Å². The normalized spacial score (nSPS) is 12.9. The molecule has 0 spiro atoms. The van der Waals surface area contributed by atoms with Gasteiger partial charge in [0.15, 0.2) is 0 Å². The predicted molar refractivity (Wildman–Crippen MR) is 110 cm³/mol. The second kappa shape index (κ2) is 8.29. The maximum absolute atomic E-state index is 13.0. The molecule has 0 bridgehead atoms. The standard InChI is InChI=1S/C19H18BrF3N4OS/c1-27-13(5-6-26-27)16-15(20)14(17(29-16)18(25)28)11(9-24)7-10-3-2-4-12(8-10)19(21,22)23/h2-6,8,11H,7,9,24H2,1H3,(H2,25,28)/t11-/m1/s1. The van der Waals surface area contributed by atoms with Crippen LogP contribution >= 0.6 is 27.3 Å². The first-order valence-electron chi connectivity index (χ1n) is 8.60. The zero-order valence-corrected chi connectivity index (χ0v) is 17.7. The van der Waals surface area contributed by atoms with Crippen molar-refractivity contribution in [3.8, 4) is 10.6 Å². The number of aryl methyl sites for hydroxylation is 1. The molecule has 0 saturated heterocycles. The third-order valence-corrected chi connectivity index (χ3v) is 6.92. The summed E-state index contributed by atoms with van der Waals surface area (Å²) in [5, 5.41) is 4.14. The average Bonchev–Trinajstić information content (AvgIpc) is 3.22. The van der Waals surface area contributed by atoms with Crippen molar-refractivity contribution in [3.63, 3.8) is 0 Å². The lowest BCUT2D eigenvalue weighted by Crippen LogP contribution is -2.20. The highest BCUT2D eigenvalue weighted by atomic mass is 79.9. The number of rotatable bonds is 6. The van der Waals surface area contributed by atoms with Gasteiger partial charge in [-0.05, 0) is 52.2 Å². The summed E-state index contributed by atoms with van der Waals surface area (Å²) in [4.78, 5) is 13.2. The van der Waals surface area contributed by atoms with Gasteiger partial charge in [0.1, 0.15) is 0 Å². The SMILES string of the molecule is Cn1nccc1-c1sc(C(N)=O)c([C@@H](CN)Cc2cccc(C(F)(F)F)c2)c1Br. The number of amides is 1. The van der Waals surface area contributed by atoms with Crippen LogP contribution in [0.1, 0.15) is 32.3 Å². The lowest BCUT2D eigenvalue weighted by atomic mass is 9.91. The Morgan fingerprint density at radius 2 is 2.07 bits per heavy atom. The number of primary amides is 1. The highest BCUT2D eigenvalue weighted by molar-refractivity contribution is 9.10. The number of halogens is 4. The van der Waals surface area contributed by atoms with Crippen LogP contribution in [0, 0.1) is 0 Å². The van der Waals surface area contributed by atoms with Crippen molar-refractivity contribution in [1.29, 1.82) is 0 Å². The molecular weight excluding hydrogens is 469 g/mol. The predicted octanol–water partition coefficient (Wildman–Crippen LogP) is 4.31. The molecule has 3 aromatic rings. The molecule has 0 aliphatic heterocycles. The molecule has 3 rings (SSSR count). The van der Waals surface area contributed by atoms with E-state index in [4.69, 9.17) is 11.5 Å². The molecule has 154 valence electrons. The van der Waals surface area contributed by atoms with Crippen LogP contribution in [-0.2, 0) is 19.6 Å². The molecule has 4 N–H and O–H groups in total. The molecule has 0 radical (unpaired) electrons. The van der Waals surface area contributed by atoms with Gasteiger partial charge in [-0.2, -0.15) is 18.3 Å². The van der Waals surface area contributed by atoms with Crippen molar-refractivity contribution >= 4 is 33.2 Å². The highest BCUT2D eigenvalue weighted by Crippen LogP contribution is 2.44. The molecule has 1 aromatic carbocycles. The largest absolute Gasteiger partial charge is 0.416 e. The van der Waals surface area contributed by atoms with Crippen LogP contribution in [0.2, 0.25) is 0 Å². The molecule has 0 aliphatic rings. The van der Waals surface area contributed by atoms with Crippen LogP contribution in [0.4, 0.5) is 13.2 Å². The Balaban J connectivity index is 2.05. The molecule has 0 fully saturated rings. The van der Waals surface area contributed by atoms with Crippen LogP contribution in [0.25, 0.3) is 10.6 Å². The van der Waals surface area contributed by atoms with E-state index in [9.17, 15) is 18.0 Å². The van der Waals surface area contributed by atoms with Gasteiger partial charge >= 0.3 is 6.18 Å². The van der Waals surface area contributed by atoms with Crippen LogP contribution in [0.3, 0.4) is 0 Å². The third-order valence-electron chi connectivity index (χ3n) is 4.59. The zero-order valence-electron chi connectivity index (χ0n) is 15.3. The topological polar surface area (TPSA) is 86.9 Å². The summed E-state index contributed by atoms with van der Waals surface area (Å²) in [6, 6.07) is 6.91. The summed E-state index contributed by atoms with van der Waals surface area (Å²) in [5.74, 6) is -1.00. The summed E-state index contributed by atoms with van der Waals surface area (Å²) in [6.07, 6.45) is -2.56. The van der Waals surface area contributed by atoms with Crippen molar-refractivity contribution in [2.24, 2.45) is 18.5 Å². The van der Waals surface area contributed by atoms with Gasteiger partial charge in [-0.15, -0.1) is 11.3 Å². The second-order valence-electron chi connectivity index (χ2n) is 6.53. The fourth-order valence-corrected chi connectivity index (χ4v) is 5.48. The van der Waals surface area contributed by atoms with Gasteiger partial charge in [-0.25, -0.2) is 0 Å². The van der Waals surface area contributed by atoms with Crippen molar-refractivity contribution in [2.45, 2.75) is 18.5 Å². The number of nitrogens with two attached hydrogens (primary N) is 2. The fraction of sp³-hybridized carbons (Fsp3) is 0.263. The van der Waals surface area contributed by atoms with Crippen LogP contribution in [-0.4, -0.2) is 22.2 Å². The van der Waals surface area contributed by atoms with E-state index in [1.165, 1.54) is 17.4 Å². The van der Waals surface area contributed by atoms with Gasteiger partial charge in [0, 0.05) is 23.6 Å². The number of hydrogen-bond donors (Lipinski definition) is 2. The Hall–Kier alpha value is -2.17. The van der Waals surface area contributed by atoms with Crippen LogP contribution in [0.5, 0.6) is 0 Å². The molecule has 0 aliphatic carbocycles. The first-order valence-corrected chi connectivity index (χ1v) is 10.2. The van der Waals surface area contributed by atoms with Gasteiger partial charge in [-0.3, -0.25) is 9.48 Å². The van der Waals surface area contributed by atoms with Gasteiger partial charge in [0.25, 0.3) is 5.91 Å². The van der Waals surface area contributed by atoms with Crippen molar-refractivity contribution in [3.05, 3.63) is 62.6 Å². The van der Waals surface area contributed by atoms with E-state index >= 15 is 0 Å². The van der Waals surface area contributed by atoms with E-state index in [1.807, 2.05) is 0 Å². The lowest BCUT2D eigenvalue weighted by molar-refractivity contribution is -0.137. The minimum Gasteiger partial charge on any atom is -0.365 e. The Morgan fingerprint density at radius 1 is 1.34 bits per heavy atom. The van der Waals surface area contributed by atoms with Gasteiger partial charge in [-0.1, -0.05) is 18.2 Å². The fourth-order valence-electron chi connectivity index (χ4n) is 3.20. The van der Waals surface area contributed by atoms with E-state index in [0.717, 1.165) is 22.7 Å². The minimum absolute atomic E-state index is 0.136. The molecule has 2 heterocycles. The molecule has 29 heavy (non-hydrogen) atoms. The maximum Gasteiger partial charge on any atom is 0.416 e. The number of aromatic nitrogens is 2. The smallest absolute Gasteiger partial charge is 0.365 e. The van der Waals surface area contributed by atoms with Crippen molar-refractivity contribution < 1.29 is 18.0 Å². The molecule has 1 amide bonds.